The molecule has 2 atom stereocenters. The summed E-state index contributed by atoms with van der Waals surface area (Å²) in [6.07, 6.45) is 9.06. The maximum atomic E-state index is 12.8. The number of pyridine rings is 1. The summed E-state index contributed by atoms with van der Waals surface area (Å²) >= 11 is 0. The zero-order valence-corrected chi connectivity index (χ0v) is 14.5. The summed E-state index contributed by atoms with van der Waals surface area (Å²) in [5.74, 6) is 1.76. The van der Waals surface area contributed by atoms with Gasteiger partial charge in [0, 0.05) is 37.4 Å². The Kier molecular flexibility index (Phi) is 5.19. The van der Waals surface area contributed by atoms with Crippen molar-refractivity contribution in [1.82, 2.24) is 9.88 Å². The summed E-state index contributed by atoms with van der Waals surface area (Å²) in [5.41, 5.74) is 0.796. The molecule has 0 radical (unpaired) electrons. The minimum absolute atomic E-state index is 0.172. The molecule has 0 saturated carbocycles. The number of carbonyl (C=O) groups is 1. The Morgan fingerprint density at radius 2 is 2.13 bits per heavy atom. The van der Waals surface area contributed by atoms with Crippen LogP contribution >= 0.6 is 0 Å². The van der Waals surface area contributed by atoms with Gasteiger partial charge in [0.25, 0.3) is 5.91 Å². The second-order valence-corrected chi connectivity index (χ2v) is 7.15. The van der Waals surface area contributed by atoms with Crippen molar-refractivity contribution < 1.29 is 4.79 Å². The summed E-state index contributed by atoms with van der Waals surface area (Å²) in [5, 5.41) is 0. The summed E-state index contributed by atoms with van der Waals surface area (Å²) in [4.78, 5) is 21.8. The fourth-order valence-electron chi connectivity index (χ4n) is 3.99. The molecule has 3 rings (SSSR count). The van der Waals surface area contributed by atoms with Crippen LogP contribution in [0.1, 0.15) is 62.7 Å². The number of hydrogen-bond acceptors (Lipinski definition) is 3. The highest BCUT2D eigenvalue weighted by molar-refractivity contribution is 5.95. The van der Waals surface area contributed by atoms with E-state index in [2.05, 4.69) is 23.7 Å². The van der Waals surface area contributed by atoms with Crippen LogP contribution in [-0.4, -0.2) is 41.5 Å². The van der Waals surface area contributed by atoms with Crippen LogP contribution in [0, 0.1) is 5.92 Å². The number of piperidine rings is 2. The van der Waals surface area contributed by atoms with Crippen molar-refractivity contribution in [1.29, 1.82) is 0 Å². The van der Waals surface area contributed by atoms with Crippen molar-refractivity contribution in [3.05, 3.63) is 23.9 Å². The van der Waals surface area contributed by atoms with E-state index in [9.17, 15) is 4.79 Å². The van der Waals surface area contributed by atoms with E-state index in [0.717, 1.165) is 43.9 Å². The van der Waals surface area contributed by atoms with Gasteiger partial charge in [-0.05, 0) is 56.6 Å². The van der Waals surface area contributed by atoms with Crippen LogP contribution in [0.15, 0.2) is 18.3 Å². The molecule has 0 N–H and O–H groups in total. The van der Waals surface area contributed by atoms with Gasteiger partial charge >= 0.3 is 0 Å². The first-order valence-corrected chi connectivity index (χ1v) is 9.21. The first-order valence-electron chi connectivity index (χ1n) is 9.21. The minimum atomic E-state index is 0.172. The molecule has 0 aromatic carbocycles. The van der Waals surface area contributed by atoms with Crippen LogP contribution in [-0.2, 0) is 0 Å². The topological polar surface area (TPSA) is 36.4 Å². The first-order chi connectivity index (χ1) is 11.2. The zero-order chi connectivity index (χ0) is 16.2. The number of rotatable bonds is 3. The summed E-state index contributed by atoms with van der Waals surface area (Å²) in [6, 6.07) is 4.45. The molecule has 2 aliphatic heterocycles. The second kappa shape index (κ2) is 7.33. The van der Waals surface area contributed by atoms with Crippen LogP contribution in [0.25, 0.3) is 0 Å². The minimum Gasteiger partial charge on any atom is -0.354 e. The third-order valence-corrected chi connectivity index (χ3v) is 5.33. The highest BCUT2D eigenvalue weighted by atomic mass is 16.2. The fourth-order valence-corrected chi connectivity index (χ4v) is 3.99. The van der Waals surface area contributed by atoms with E-state index in [1.165, 1.54) is 25.7 Å². The van der Waals surface area contributed by atoms with Gasteiger partial charge < -0.3 is 9.80 Å². The van der Waals surface area contributed by atoms with Gasteiger partial charge in [0.1, 0.15) is 5.82 Å². The molecule has 126 valence electrons. The highest BCUT2D eigenvalue weighted by Gasteiger charge is 2.25. The number of aromatic nitrogens is 1. The monoisotopic (exact) mass is 315 g/mol. The lowest BCUT2D eigenvalue weighted by atomic mass is 9.99. The van der Waals surface area contributed by atoms with Crippen molar-refractivity contribution in [2.45, 2.75) is 58.4 Å². The molecular weight excluding hydrogens is 286 g/mol. The number of amides is 1. The van der Waals surface area contributed by atoms with E-state index in [0.29, 0.717) is 12.0 Å². The Balaban J connectivity index is 1.77. The molecule has 2 saturated heterocycles. The third kappa shape index (κ3) is 3.67. The van der Waals surface area contributed by atoms with Gasteiger partial charge in [-0.3, -0.25) is 4.79 Å². The molecule has 3 heterocycles. The van der Waals surface area contributed by atoms with Gasteiger partial charge in [0.05, 0.1) is 0 Å². The average molecular weight is 315 g/mol. The van der Waals surface area contributed by atoms with Gasteiger partial charge in [-0.1, -0.05) is 13.8 Å². The van der Waals surface area contributed by atoms with Gasteiger partial charge in [0.2, 0.25) is 0 Å². The van der Waals surface area contributed by atoms with Crippen molar-refractivity contribution in [3.8, 4) is 0 Å². The highest BCUT2D eigenvalue weighted by Crippen LogP contribution is 2.26. The molecule has 2 unspecified atom stereocenters. The second-order valence-electron chi connectivity index (χ2n) is 7.15. The van der Waals surface area contributed by atoms with E-state index in [4.69, 9.17) is 0 Å². The van der Waals surface area contributed by atoms with Crippen molar-refractivity contribution in [2.24, 2.45) is 5.92 Å². The van der Waals surface area contributed by atoms with E-state index in [1.54, 1.807) is 6.20 Å². The average Bonchev–Trinajstić information content (AvgIpc) is 2.61. The van der Waals surface area contributed by atoms with E-state index < -0.39 is 0 Å². The summed E-state index contributed by atoms with van der Waals surface area (Å²) < 4.78 is 0. The predicted molar refractivity (Wildman–Crippen MR) is 93.8 cm³/mol. The quantitative estimate of drug-likeness (QED) is 0.853. The smallest absolute Gasteiger partial charge is 0.254 e. The number of anilines is 1. The Hall–Kier alpha value is -1.58. The van der Waals surface area contributed by atoms with Crippen molar-refractivity contribution >= 4 is 11.7 Å². The molecule has 0 spiro atoms. The molecule has 1 aromatic heterocycles. The third-order valence-electron chi connectivity index (χ3n) is 5.33. The molecule has 23 heavy (non-hydrogen) atoms. The maximum Gasteiger partial charge on any atom is 0.254 e. The van der Waals surface area contributed by atoms with Crippen LogP contribution in [0.4, 0.5) is 5.82 Å². The van der Waals surface area contributed by atoms with Crippen molar-refractivity contribution in [2.75, 3.05) is 24.5 Å². The van der Waals surface area contributed by atoms with Crippen LogP contribution in [0.2, 0.25) is 0 Å². The lowest BCUT2D eigenvalue weighted by molar-refractivity contribution is 0.0683. The maximum absolute atomic E-state index is 12.8. The lowest BCUT2D eigenvalue weighted by Crippen LogP contribution is -2.40. The lowest BCUT2D eigenvalue weighted by Gasteiger charge is -2.36. The van der Waals surface area contributed by atoms with Crippen molar-refractivity contribution in [3.63, 3.8) is 0 Å². The van der Waals surface area contributed by atoms with E-state index in [1.807, 2.05) is 17.0 Å². The Morgan fingerprint density at radius 3 is 2.91 bits per heavy atom. The molecule has 0 bridgehead atoms. The molecule has 1 aromatic rings. The van der Waals surface area contributed by atoms with Gasteiger partial charge in [0.15, 0.2) is 0 Å². The van der Waals surface area contributed by atoms with Crippen LogP contribution in [0.5, 0.6) is 0 Å². The molecule has 4 nitrogen and oxygen atoms in total. The van der Waals surface area contributed by atoms with Crippen LogP contribution in [0.3, 0.4) is 0 Å². The Morgan fingerprint density at radius 1 is 1.26 bits per heavy atom. The van der Waals surface area contributed by atoms with E-state index in [-0.39, 0.29) is 5.91 Å². The Labute approximate surface area is 139 Å². The zero-order valence-electron chi connectivity index (χ0n) is 14.5. The van der Waals surface area contributed by atoms with Gasteiger partial charge in [-0.15, -0.1) is 0 Å². The number of carbonyl (C=O) groups excluding carboxylic acids is 1. The summed E-state index contributed by atoms with van der Waals surface area (Å²) in [6.45, 7) is 7.31. The fraction of sp³-hybridized carbons (Fsp3) is 0.684. The molecule has 4 heteroatoms. The first kappa shape index (κ1) is 16.3. The number of hydrogen-bond donors (Lipinski definition) is 0. The standard InChI is InChI=1S/C19H29N3O/c1-3-17-8-4-5-12-22(17)18-13-16(9-10-20-18)19(23)21-11-6-7-15(2)14-21/h9-10,13,15,17H,3-8,11-12,14H2,1-2H3. The molecular formula is C19H29N3O. The predicted octanol–water partition coefficient (Wildman–Crippen LogP) is 3.72. The Bertz CT molecular complexity index is 545. The van der Waals surface area contributed by atoms with Gasteiger partial charge in [-0.25, -0.2) is 4.98 Å². The molecule has 2 aliphatic rings. The largest absolute Gasteiger partial charge is 0.354 e. The molecule has 1 amide bonds. The van der Waals surface area contributed by atoms with E-state index >= 15 is 0 Å². The molecule has 0 aliphatic carbocycles. The summed E-state index contributed by atoms with van der Waals surface area (Å²) in [7, 11) is 0. The number of likely N-dealkylation sites (tertiary alicyclic amines) is 1. The molecule has 2 fully saturated rings. The number of nitrogens with zero attached hydrogens (tertiary/aromatic N) is 3. The van der Waals surface area contributed by atoms with Crippen LogP contribution < -0.4 is 4.90 Å². The SMILES string of the molecule is CCC1CCCCN1c1cc(C(=O)N2CCCC(C)C2)ccn1. The normalized spacial score (nSPS) is 25.5. The van der Waals surface area contributed by atoms with Gasteiger partial charge in [-0.2, -0.15) is 0 Å².